The van der Waals surface area contributed by atoms with Crippen LogP contribution in [0.3, 0.4) is 0 Å². The standard InChI is InChI=1S/C12H19N3O/c1-8-5-6-14-12(11(8)13)15-10-4-2-3-9(10)7-16/h5-6,9-10,16H,2-4,7,13H2,1H3,(H,14,15). The lowest BCUT2D eigenvalue weighted by atomic mass is 10.1. The summed E-state index contributed by atoms with van der Waals surface area (Å²) in [5, 5.41) is 12.6. The minimum Gasteiger partial charge on any atom is -0.396 e. The molecule has 1 aliphatic carbocycles. The molecule has 1 saturated carbocycles. The van der Waals surface area contributed by atoms with E-state index in [9.17, 15) is 5.11 Å². The maximum atomic E-state index is 9.25. The first-order valence-corrected chi connectivity index (χ1v) is 5.81. The third-order valence-electron chi connectivity index (χ3n) is 3.42. The Morgan fingerprint density at radius 3 is 3.12 bits per heavy atom. The molecule has 0 saturated heterocycles. The van der Waals surface area contributed by atoms with E-state index in [0.717, 1.165) is 30.6 Å². The van der Waals surface area contributed by atoms with Crippen LogP contribution < -0.4 is 11.1 Å². The Kier molecular flexibility index (Phi) is 3.29. The number of rotatable bonds is 3. The Bertz CT molecular complexity index is 367. The summed E-state index contributed by atoms with van der Waals surface area (Å²) in [5.74, 6) is 1.09. The molecular formula is C12H19N3O. The van der Waals surface area contributed by atoms with Gasteiger partial charge < -0.3 is 16.2 Å². The minimum atomic E-state index is 0.239. The number of anilines is 2. The van der Waals surface area contributed by atoms with E-state index in [2.05, 4.69) is 10.3 Å². The molecule has 1 heterocycles. The van der Waals surface area contributed by atoms with E-state index in [1.165, 1.54) is 0 Å². The molecule has 4 heteroatoms. The van der Waals surface area contributed by atoms with E-state index >= 15 is 0 Å². The van der Waals surface area contributed by atoms with Gasteiger partial charge in [-0.15, -0.1) is 0 Å². The molecule has 4 N–H and O–H groups in total. The van der Waals surface area contributed by atoms with Crippen LogP contribution in [0.15, 0.2) is 12.3 Å². The maximum Gasteiger partial charge on any atom is 0.149 e. The lowest BCUT2D eigenvalue weighted by Gasteiger charge is -2.20. The van der Waals surface area contributed by atoms with Crippen LogP contribution in [0, 0.1) is 12.8 Å². The summed E-state index contributed by atoms with van der Waals surface area (Å²) in [5.41, 5.74) is 7.71. The molecule has 4 nitrogen and oxygen atoms in total. The molecule has 88 valence electrons. The van der Waals surface area contributed by atoms with Gasteiger partial charge in [0.1, 0.15) is 5.82 Å². The Morgan fingerprint density at radius 2 is 2.38 bits per heavy atom. The molecule has 2 rings (SSSR count). The van der Waals surface area contributed by atoms with Crippen molar-refractivity contribution in [2.45, 2.75) is 32.2 Å². The molecule has 2 unspecified atom stereocenters. The molecule has 0 aromatic carbocycles. The van der Waals surface area contributed by atoms with Crippen LogP contribution in [0.4, 0.5) is 11.5 Å². The van der Waals surface area contributed by atoms with E-state index in [4.69, 9.17) is 5.73 Å². The van der Waals surface area contributed by atoms with Crippen LogP contribution in [0.2, 0.25) is 0 Å². The van der Waals surface area contributed by atoms with Crippen molar-refractivity contribution >= 4 is 11.5 Å². The van der Waals surface area contributed by atoms with E-state index in [1.54, 1.807) is 6.20 Å². The fraction of sp³-hybridized carbons (Fsp3) is 0.583. The summed E-state index contributed by atoms with van der Waals surface area (Å²) in [4.78, 5) is 4.25. The number of nitrogens with two attached hydrogens (primary N) is 1. The number of aliphatic hydroxyl groups excluding tert-OH is 1. The Labute approximate surface area is 95.9 Å². The summed E-state index contributed by atoms with van der Waals surface area (Å²) in [6.45, 7) is 2.21. The predicted octanol–water partition coefficient (Wildman–Crippen LogP) is 1.55. The second-order valence-electron chi connectivity index (χ2n) is 4.51. The Balaban J connectivity index is 2.11. The van der Waals surface area contributed by atoms with E-state index in [0.29, 0.717) is 17.6 Å². The quantitative estimate of drug-likeness (QED) is 0.724. The highest BCUT2D eigenvalue weighted by Gasteiger charge is 2.27. The molecule has 0 bridgehead atoms. The van der Waals surface area contributed by atoms with Crippen molar-refractivity contribution < 1.29 is 5.11 Å². The minimum absolute atomic E-state index is 0.239. The fourth-order valence-corrected chi connectivity index (χ4v) is 2.31. The number of aromatic nitrogens is 1. The molecular weight excluding hydrogens is 202 g/mol. The second-order valence-corrected chi connectivity index (χ2v) is 4.51. The largest absolute Gasteiger partial charge is 0.396 e. The maximum absolute atomic E-state index is 9.25. The van der Waals surface area contributed by atoms with Crippen molar-refractivity contribution in [3.8, 4) is 0 Å². The summed E-state index contributed by atoms with van der Waals surface area (Å²) in [6, 6.07) is 2.21. The summed E-state index contributed by atoms with van der Waals surface area (Å²) >= 11 is 0. The van der Waals surface area contributed by atoms with Crippen LogP contribution in [0.25, 0.3) is 0 Å². The number of aryl methyl sites for hydroxylation is 1. The van der Waals surface area contributed by atoms with Gasteiger partial charge in [0.15, 0.2) is 0 Å². The number of pyridine rings is 1. The normalized spacial score (nSPS) is 24.6. The smallest absolute Gasteiger partial charge is 0.149 e. The monoisotopic (exact) mass is 221 g/mol. The molecule has 16 heavy (non-hydrogen) atoms. The summed E-state index contributed by atoms with van der Waals surface area (Å²) < 4.78 is 0. The van der Waals surface area contributed by atoms with Gasteiger partial charge >= 0.3 is 0 Å². The molecule has 0 spiro atoms. The molecule has 0 amide bonds. The SMILES string of the molecule is Cc1ccnc(NC2CCCC2CO)c1N. The number of hydrogen-bond acceptors (Lipinski definition) is 4. The highest BCUT2D eigenvalue weighted by atomic mass is 16.3. The highest BCUT2D eigenvalue weighted by Crippen LogP contribution is 2.29. The first-order chi connectivity index (χ1) is 7.72. The highest BCUT2D eigenvalue weighted by molar-refractivity contribution is 5.65. The molecule has 0 radical (unpaired) electrons. The number of aliphatic hydroxyl groups is 1. The second kappa shape index (κ2) is 4.70. The van der Waals surface area contributed by atoms with Crippen molar-refractivity contribution in [1.29, 1.82) is 0 Å². The van der Waals surface area contributed by atoms with Gasteiger partial charge in [-0.1, -0.05) is 6.42 Å². The van der Waals surface area contributed by atoms with Crippen molar-refractivity contribution in [2.24, 2.45) is 5.92 Å². The Hall–Kier alpha value is -1.29. The van der Waals surface area contributed by atoms with Gasteiger partial charge in [0.2, 0.25) is 0 Å². The molecule has 2 atom stereocenters. The molecule has 1 aliphatic rings. The van der Waals surface area contributed by atoms with Crippen LogP contribution in [-0.4, -0.2) is 22.7 Å². The zero-order chi connectivity index (χ0) is 11.5. The fourth-order valence-electron chi connectivity index (χ4n) is 2.31. The van der Waals surface area contributed by atoms with Crippen LogP contribution in [0.1, 0.15) is 24.8 Å². The van der Waals surface area contributed by atoms with E-state index in [1.807, 2.05) is 13.0 Å². The third-order valence-corrected chi connectivity index (χ3v) is 3.42. The first-order valence-electron chi connectivity index (χ1n) is 5.81. The first kappa shape index (κ1) is 11.2. The van der Waals surface area contributed by atoms with Crippen molar-refractivity contribution in [2.75, 3.05) is 17.7 Å². The van der Waals surface area contributed by atoms with Gasteiger partial charge in [0.25, 0.3) is 0 Å². The average molecular weight is 221 g/mol. The lowest BCUT2D eigenvalue weighted by molar-refractivity contribution is 0.222. The predicted molar refractivity (Wildman–Crippen MR) is 65.2 cm³/mol. The number of nitrogen functional groups attached to an aromatic ring is 1. The van der Waals surface area contributed by atoms with Gasteiger partial charge in [-0.2, -0.15) is 0 Å². The van der Waals surface area contributed by atoms with E-state index < -0.39 is 0 Å². The zero-order valence-electron chi connectivity index (χ0n) is 9.61. The van der Waals surface area contributed by atoms with Crippen LogP contribution in [0.5, 0.6) is 0 Å². The molecule has 0 aliphatic heterocycles. The summed E-state index contributed by atoms with van der Waals surface area (Å²) in [6.07, 6.45) is 5.09. The van der Waals surface area contributed by atoms with Gasteiger partial charge in [0, 0.05) is 24.8 Å². The number of nitrogens with one attached hydrogen (secondary N) is 1. The molecule has 1 fully saturated rings. The molecule has 1 aromatic heterocycles. The van der Waals surface area contributed by atoms with Gasteiger partial charge in [0.05, 0.1) is 5.69 Å². The third kappa shape index (κ3) is 2.11. The van der Waals surface area contributed by atoms with Crippen molar-refractivity contribution in [3.05, 3.63) is 17.8 Å². The topological polar surface area (TPSA) is 71.2 Å². The van der Waals surface area contributed by atoms with Gasteiger partial charge in [-0.3, -0.25) is 0 Å². The van der Waals surface area contributed by atoms with E-state index in [-0.39, 0.29) is 6.61 Å². The Morgan fingerprint density at radius 1 is 1.56 bits per heavy atom. The van der Waals surface area contributed by atoms with Crippen LogP contribution in [-0.2, 0) is 0 Å². The molecule has 1 aromatic rings. The van der Waals surface area contributed by atoms with Gasteiger partial charge in [-0.25, -0.2) is 4.98 Å². The van der Waals surface area contributed by atoms with Crippen molar-refractivity contribution in [1.82, 2.24) is 4.98 Å². The van der Waals surface area contributed by atoms with Gasteiger partial charge in [-0.05, 0) is 31.4 Å². The zero-order valence-corrected chi connectivity index (χ0v) is 9.61. The average Bonchev–Trinajstić information content (AvgIpc) is 2.72. The summed E-state index contributed by atoms with van der Waals surface area (Å²) in [7, 11) is 0. The lowest BCUT2D eigenvalue weighted by Crippen LogP contribution is -2.27. The number of hydrogen-bond donors (Lipinski definition) is 3. The van der Waals surface area contributed by atoms with Crippen LogP contribution >= 0.6 is 0 Å². The van der Waals surface area contributed by atoms with Crippen molar-refractivity contribution in [3.63, 3.8) is 0 Å². The number of nitrogens with zero attached hydrogens (tertiary/aromatic N) is 1.